The molecule has 150 valence electrons. The van der Waals surface area contributed by atoms with Crippen molar-refractivity contribution in [1.29, 1.82) is 5.26 Å². The Hall–Kier alpha value is -3.31. The molecular formula is C21H19BrN2O5. The number of amides is 1. The van der Waals surface area contributed by atoms with Crippen molar-refractivity contribution in [3.63, 3.8) is 0 Å². The van der Waals surface area contributed by atoms with E-state index in [-0.39, 0.29) is 18.8 Å². The lowest BCUT2D eigenvalue weighted by molar-refractivity contribution is -0.145. The second-order valence-corrected chi connectivity index (χ2v) is 6.46. The SMILES string of the molecule is CCOC(=O)COc1cc(Br)c(/C=C(/C#N)C(=O)Nc2ccccc2)cc1OC. The zero-order chi connectivity index (χ0) is 21.2. The van der Waals surface area contributed by atoms with E-state index in [0.717, 1.165) is 0 Å². The summed E-state index contributed by atoms with van der Waals surface area (Å²) in [5.41, 5.74) is 1.03. The number of nitriles is 1. The van der Waals surface area contributed by atoms with E-state index < -0.39 is 11.9 Å². The second-order valence-electron chi connectivity index (χ2n) is 5.61. The van der Waals surface area contributed by atoms with Crippen LogP contribution >= 0.6 is 15.9 Å². The Balaban J connectivity index is 2.24. The van der Waals surface area contributed by atoms with E-state index in [0.29, 0.717) is 27.2 Å². The third-order valence-electron chi connectivity index (χ3n) is 3.63. The van der Waals surface area contributed by atoms with Crippen molar-refractivity contribution in [2.75, 3.05) is 25.6 Å². The topological polar surface area (TPSA) is 97.7 Å². The lowest BCUT2D eigenvalue weighted by Crippen LogP contribution is -2.15. The molecule has 2 aromatic rings. The summed E-state index contributed by atoms with van der Waals surface area (Å²) in [4.78, 5) is 23.9. The van der Waals surface area contributed by atoms with Gasteiger partial charge in [-0.05, 0) is 42.8 Å². The molecule has 0 atom stereocenters. The predicted octanol–water partition coefficient (Wildman–Crippen LogP) is 3.95. The number of hydrogen-bond donors (Lipinski definition) is 1. The van der Waals surface area contributed by atoms with Crippen LogP contribution < -0.4 is 14.8 Å². The molecule has 0 saturated carbocycles. The Morgan fingerprint density at radius 2 is 1.93 bits per heavy atom. The number of carbonyl (C=O) groups excluding carboxylic acids is 2. The van der Waals surface area contributed by atoms with Gasteiger partial charge in [0.15, 0.2) is 18.1 Å². The quantitative estimate of drug-likeness (QED) is 0.365. The Labute approximate surface area is 177 Å². The zero-order valence-corrected chi connectivity index (χ0v) is 17.5. The molecule has 0 bridgehead atoms. The maximum absolute atomic E-state index is 12.4. The Morgan fingerprint density at radius 3 is 2.55 bits per heavy atom. The number of para-hydroxylation sites is 1. The number of anilines is 1. The van der Waals surface area contributed by atoms with Gasteiger partial charge in [0, 0.05) is 10.2 Å². The molecule has 2 rings (SSSR count). The molecule has 0 aliphatic rings. The van der Waals surface area contributed by atoms with Crippen molar-refractivity contribution in [1.82, 2.24) is 0 Å². The van der Waals surface area contributed by atoms with Crippen LogP contribution in [0.1, 0.15) is 12.5 Å². The van der Waals surface area contributed by atoms with Gasteiger partial charge in [-0.1, -0.05) is 34.1 Å². The van der Waals surface area contributed by atoms with Gasteiger partial charge in [-0.3, -0.25) is 4.79 Å². The standard InChI is InChI=1S/C21H19BrN2O5/c1-3-28-20(25)13-29-19-11-17(22)14(10-18(19)27-2)9-15(12-23)21(26)24-16-7-5-4-6-8-16/h4-11H,3,13H2,1-2H3,(H,24,26)/b15-9-. The number of nitrogens with one attached hydrogen (secondary N) is 1. The van der Waals surface area contributed by atoms with E-state index in [9.17, 15) is 14.9 Å². The molecule has 0 fully saturated rings. The number of nitrogens with zero attached hydrogens (tertiary/aromatic N) is 1. The van der Waals surface area contributed by atoms with Crippen LogP contribution in [-0.2, 0) is 14.3 Å². The highest BCUT2D eigenvalue weighted by molar-refractivity contribution is 9.10. The molecule has 8 heteroatoms. The predicted molar refractivity (Wildman–Crippen MR) is 111 cm³/mol. The minimum atomic E-state index is -0.535. The summed E-state index contributed by atoms with van der Waals surface area (Å²) in [6, 6.07) is 13.9. The maximum atomic E-state index is 12.4. The van der Waals surface area contributed by atoms with Gasteiger partial charge in [0.2, 0.25) is 0 Å². The van der Waals surface area contributed by atoms with Crippen molar-refractivity contribution in [3.8, 4) is 17.6 Å². The summed E-state index contributed by atoms with van der Waals surface area (Å²) >= 11 is 3.38. The molecule has 0 aromatic heterocycles. The molecule has 0 radical (unpaired) electrons. The number of rotatable bonds is 8. The van der Waals surface area contributed by atoms with E-state index in [4.69, 9.17) is 14.2 Å². The van der Waals surface area contributed by atoms with Crippen LogP contribution in [-0.4, -0.2) is 32.2 Å². The molecule has 0 heterocycles. The third kappa shape index (κ3) is 6.36. The smallest absolute Gasteiger partial charge is 0.344 e. The van der Waals surface area contributed by atoms with Gasteiger partial charge >= 0.3 is 5.97 Å². The molecule has 0 aliphatic heterocycles. The molecule has 0 aliphatic carbocycles. The van der Waals surface area contributed by atoms with E-state index in [1.807, 2.05) is 12.1 Å². The maximum Gasteiger partial charge on any atom is 0.344 e. The summed E-state index contributed by atoms with van der Waals surface area (Å²) in [5, 5.41) is 12.1. The van der Waals surface area contributed by atoms with Crippen LogP contribution in [0.5, 0.6) is 11.5 Å². The van der Waals surface area contributed by atoms with E-state index in [1.165, 1.54) is 13.2 Å². The minimum absolute atomic E-state index is 0.0863. The van der Waals surface area contributed by atoms with Crippen molar-refractivity contribution in [3.05, 3.63) is 58.1 Å². The van der Waals surface area contributed by atoms with Gasteiger partial charge in [0.05, 0.1) is 13.7 Å². The molecule has 1 N–H and O–H groups in total. The number of halogens is 1. The highest BCUT2D eigenvalue weighted by Gasteiger charge is 2.15. The van der Waals surface area contributed by atoms with Crippen molar-refractivity contribution < 1.29 is 23.8 Å². The van der Waals surface area contributed by atoms with Crippen molar-refractivity contribution in [2.24, 2.45) is 0 Å². The molecule has 29 heavy (non-hydrogen) atoms. The first-order valence-corrected chi connectivity index (χ1v) is 9.42. The second kappa shape index (κ2) is 10.9. The molecule has 1 amide bonds. The van der Waals surface area contributed by atoms with Crippen LogP contribution in [0.2, 0.25) is 0 Å². The van der Waals surface area contributed by atoms with E-state index in [2.05, 4.69) is 21.2 Å². The Morgan fingerprint density at radius 1 is 1.21 bits per heavy atom. The highest BCUT2D eigenvalue weighted by atomic mass is 79.9. The molecule has 0 spiro atoms. The summed E-state index contributed by atoms with van der Waals surface area (Å²) in [7, 11) is 1.45. The first-order valence-electron chi connectivity index (χ1n) is 8.62. The lowest BCUT2D eigenvalue weighted by Gasteiger charge is -2.12. The number of methoxy groups -OCH3 is 1. The average molecular weight is 459 g/mol. The number of ether oxygens (including phenoxy) is 3. The lowest BCUT2D eigenvalue weighted by atomic mass is 10.1. The van der Waals surface area contributed by atoms with Gasteiger partial charge in [-0.15, -0.1) is 0 Å². The van der Waals surface area contributed by atoms with E-state index >= 15 is 0 Å². The monoisotopic (exact) mass is 458 g/mol. The van der Waals surface area contributed by atoms with Crippen LogP contribution in [0.25, 0.3) is 6.08 Å². The van der Waals surface area contributed by atoms with Gasteiger partial charge < -0.3 is 19.5 Å². The van der Waals surface area contributed by atoms with Gasteiger partial charge in [0.25, 0.3) is 5.91 Å². The van der Waals surface area contributed by atoms with Crippen LogP contribution in [0.3, 0.4) is 0 Å². The summed E-state index contributed by atoms with van der Waals surface area (Å²) in [5.74, 6) is -0.382. The fourth-order valence-corrected chi connectivity index (χ4v) is 2.73. The first-order chi connectivity index (χ1) is 14.0. The molecule has 0 saturated heterocycles. The minimum Gasteiger partial charge on any atom is -0.493 e. The molecule has 7 nitrogen and oxygen atoms in total. The number of esters is 1. The summed E-state index contributed by atoms with van der Waals surface area (Å²) < 4.78 is 16.1. The summed E-state index contributed by atoms with van der Waals surface area (Å²) in [6.45, 7) is 1.69. The third-order valence-corrected chi connectivity index (χ3v) is 4.32. The fourth-order valence-electron chi connectivity index (χ4n) is 2.30. The fraction of sp³-hybridized carbons (Fsp3) is 0.190. The molecule has 0 unspecified atom stereocenters. The number of benzene rings is 2. The van der Waals surface area contributed by atoms with Crippen LogP contribution in [0.4, 0.5) is 5.69 Å². The Kier molecular flexibility index (Phi) is 8.25. The first kappa shape index (κ1) is 22.0. The van der Waals surface area contributed by atoms with Gasteiger partial charge in [-0.25, -0.2) is 4.79 Å². The molecular weight excluding hydrogens is 440 g/mol. The molecule has 2 aromatic carbocycles. The van der Waals surface area contributed by atoms with Crippen LogP contribution in [0.15, 0.2) is 52.5 Å². The van der Waals surface area contributed by atoms with Crippen molar-refractivity contribution in [2.45, 2.75) is 6.92 Å². The average Bonchev–Trinajstić information content (AvgIpc) is 2.72. The number of hydrogen-bond acceptors (Lipinski definition) is 6. The Bertz CT molecular complexity index is 952. The normalized spacial score (nSPS) is 10.6. The largest absolute Gasteiger partial charge is 0.493 e. The van der Waals surface area contributed by atoms with Crippen LogP contribution in [0, 0.1) is 11.3 Å². The highest BCUT2D eigenvalue weighted by Crippen LogP contribution is 2.34. The van der Waals surface area contributed by atoms with Gasteiger partial charge in [-0.2, -0.15) is 5.26 Å². The van der Waals surface area contributed by atoms with E-state index in [1.54, 1.807) is 43.3 Å². The number of carbonyl (C=O) groups is 2. The summed E-state index contributed by atoms with van der Waals surface area (Å²) in [6.07, 6.45) is 1.43. The van der Waals surface area contributed by atoms with Crippen molar-refractivity contribution >= 4 is 39.6 Å². The van der Waals surface area contributed by atoms with Gasteiger partial charge in [0.1, 0.15) is 11.6 Å². The zero-order valence-electron chi connectivity index (χ0n) is 15.9.